The van der Waals surface area contributed by atoms with E-state index in [2.05, 4.69) is 0 Å². The Kier molecular flexibility index (Phi) is 5.88. The van der Waals surface area contributed by atoms with Gasteiger partial charge in [-0.1, -0.05) is 39.3 Å². The molecule has 0 unspecified atom stereocenters. The number of carbonyl (C=O) groups excluding carboxylic acids is 2. The fourth-order valence-electron chi connectivity index (χ4n) is 2.43. The first-order valence-electron chi connectivity index (χ1n) is 7.91. The van der Waals surface area contributed by atoms with Gasteiger partial charge < -0.3 is 4.74 Å². The number of amides is 2. The number of benzene rings is 1. The maximum atomic E-state index is 12.8. The molecule has 0 spiro atoms. The number of imide groups is 1. The molecular weight excluding hydrogens is 310 g/mol. The highest BCUT2D eigenvalue weighted by atomic mass is 32.2. The molecule has 4 nitrogen and oxygen atoms in total. The van der Waals surface area contributed by atoms with Gasteiger partial charge in [0.1, 0.15) is 5.75 Å². The highest BCUT2D eigenvalue weighted by molar-refractivity contribution is 8.04. The van der Waals surface area contributed by atoms with Gasteiger partial charge in [0.2, 0.25) is 0 Å². The molecule has 1 aliphatic rings. The summed E-state index contributed by atoms with van der Waals surface area (Å²) in [7, 11) is 1.60. The fraction of sp³-hybridized carbons (Fsp3) is 0.444. The van der Waals surface area contributed by atoms with E-state index >= 15 is 0 Å². The molecule has 0 fully saturated rings. The molecule has 1 aromatic rings. The Labute approximate surface area is 141 Å². The highest BCUT2D eigenvalue weighted by Gasteiger charge is 2.38. The first-order chi connectivity index (χ1) is 11.0. The second-order valence-corrected chi connectivity index (χ2v) is 7.30. The van der Waals surface area contributed by atoms with Crippen LogP contribution in [0.3, 0.4) is 0 Å². The molecule has 0 atom stereocenters. The summed E-state index contributed by atoms with van der Waals surface area (Å²) in [5, 5.41) is 0.237. The Morgan fingerprint density at radius 2 is 1.78 bits per heavy atom. The minimum absolute atomic E-state index is 0.159. The van der Waals surface area contributed by atoms with Crippen LogP contribution in [0.2, 0.25) is 0 Å². The van der Waals surface area contributed by atoms with Crippen molar-refractivity contribution in [3.63, 3.8) is 0 Å². The molecule has 0 bridgehead atoms. The average molecular weight is 333 g/mol. The summed E-state index contributed by atoms with van der Waals surface area (Å²) in [6.45, 7) is 6.58. The van der Waals surface area contributed by atoms with E-state index in [4.69, 9.17) is 4.74 Å². The number of ether oxygens (including phenoxy) is 1. The topological polar surface area (TPSA) is 46.6 Å². The van der Waals surface area contributed by atoms with Crippen LogP contribution in [-0.2, 0) is 9.59 Å². The minimum Gasteiger partial charge on any atom is -0.497 e. The molecule has 2 rings (SSSR count). The molecule has 0 aromatic heterocycles. The van der Waals surface area contributed by atoms with Gasteiger partial charge in [-0.05, 0) is 24.1 Å². The summed E-state index contributed by atoms with van der Waals surface area (Å²) in [5.74, 6) is 0.386. The van der Waals surface area contributed by atoms with E-state index in [1.54, 1.807) is 7.11 Å². The van der Waals surface area contributed by atoms with E-state index < -0.39 is 0 Å². The SMILES string of the molecule is CCCCN1C(=O)C(SC(C)C)=C(c2ccc(OC)cc2)C1=O. The molecule has 2 amide bonds. The minimum atomic E-state index is -0.184. The van der Waals surface area contributed by atoms with Crippen LogP contribution in [0.15, 0.2) is 29.2 Å². The third-order valence-corrected chi connectivity index (χ3v) is 4.68. The van der Waals surface area contributed by atoms with Crippen LogP contribution >= 0.6 is 11.8 Å². The van der Waals surface area contributed by atoms with Crippen LogP contribution in [0.25, 0.3) is 5.57 Å². The van der Waals surface area contributed by atoms with E-state index in [9.17, 15) is 9.59 Å². The van der Waals surface area contributed by atoms with Crippen LogP contribution in [0.5, 0.6) is 5.75 Å². The van der Waals surface area contributed by atoms with Gasteiger partial charge in [-0.25, -0.2) is 0 Å². The molecule has 1 heterocycles. The van der Waals surface area contributed by atoms with Crippen LogP contribution < -0.4 is 4.74 Å². The fourth-order valence-corrected chi connectivity index (χ4v) is 3.44. The molecule has 124 valence electrons. The first-order valence-corrected chi connectivity index (χ1v) is 8.79. The molecule has 5 heteroatoms. The number of thioether (sulfide) groups is 1. The molecule has 23 heavy (non-hydrogen) atoms. The Morgan fingerprint density at radius 1 is 1.13 bits per heavy atom. The summed E-state index contributed by atoms with van der Waals surface area (Å²) in [6, 6.07) is 7.30. The van der Waals surface area contributed by atoms with Gasteiger partial charge in [0.25, 0.3) is 11.8 Å². The predicted octanol–water partition coefficient (Wildman–Crippen LogP) is 3.72. The third kappa shape index (κ3) is 3.78. The van der Waals surface area contributed by atoms with Crippen molar-refractivity contribution in [3.05, 3.63) is 34.7 Å². The predicted molar refractivity (Wildman–Crippen MR) is 94.3 cm³/mol. The zero-order valence-electron chi connectivity index (χ0n) is 14.1. The van der Waals surface area contributed by atoms with E-state index in [-0.39, 0.29) is 17.1 Å². The molecule has 0 N–H and O–H groups in total. The summed E-state index contributed by atoms with van der Waals surface area (Å²) >= 11 is 1.46. The first kappa shape index (κ1) is 17.6. The number of hydrogen-bond acceptors (Lipinski definition) is 4. The third-order valence-electron chi connectivity index (χ3n) is 3.59. The van der Waals surface area contributed by atoms with Crippen LogP contribution in [-0.4, -0.2) is 35.6 Å². The summed E-state index contributed by atoms with van der Waals surface area (Å²) < 4.78 is 5.16. The van der Waals surface area contributed by atoms with Crippen molar-refractivity contribution in [1.29, 1.82) is 0 Å². The lowest BCUT2D eigenvalue weighted by molar-refractivity contribution is -0.136. The van der Waals surface area contributed by atoms with Crippen molar-refractivity contribution in [2.45, 2.75) is 38.9 Å². The molecule has 0 aliphatic carbocycles. The van der Waals surface area contributed by atoms with E-state index in [1.165, 1.54) is 16.7 Å². The molecule has 0 saturated carbocycles. The monoisotopic (exact) mass is 333 g/mol. The van der Waals surface area contributed by atoms with Crippen molar-refractivity contribution < 1.29 is 14.3 Å². The number of hydrogen-bond donors (Lipinski definition) is 0. The number of nitrogens with zero attached hydrogens (tertiary/aromatic N) is 1. The van der Waals surface area contributed by atoms with Gasteiger partial charge in [0.05, 0.1) is 17.6 Å². The summed E-state index contributed by atoms with van der Waals surface area (Å²) in [5.41, 5.74) is 1.29. The Hall–Kier alpha value is -1.75. The molecule has 0 saturated heterocycles. The lowest BCUT2D eigenvalue weighted by atomic mass is 10.1. The van der Waals surface area contributed by atoms with Gasteiger partial charge in [0, 0.05) is 11.8 Å². The summed E-state index contributed by atoms with van der Waals surface area (Å²) in [4.78, 5) is 27.4. The van der Waals surface area contributed by atoms with Gasteiger partial charge >= 0.3 is 0 Å². The van der Waals surface area contributed by atoms with Crippen molar-refractivity contribution in [3.8, 4) is 5.75 Å². The van der Waals surface area contributed by atoms with Crippen LogP contribution in [0.1, 0.15) is 39.2 Å². The van der Waals surface area contributed by atoms with Crippen LogP contribution in [0, 0.1) is 0 Å². The van der Waals surface area contributed by atoms with E-state index in [0.717, 1.165) is 24.2 Å². The largest absolute Gasteiger partial charge is 0.497 e. The second kappa shape index (κ2) is 7.68. The molecule has 1 aliphatic heterocycles. The standard InChI is InChI=1S/C18H23NO3S/c1-5-6-11-19-17(20)15(16(18(19)21)23-12(2)3)13-7-9-14(22-4)10-8-13/h7-10,12H,5-6,11H2,1-4H3. The number of rotatable bonds is 7. The van der Waals surface area contributed by atoms with Gasteiger partial charge in [-0.3, -0.25) is 14.5 Å². The normalized spacial score (nSPS) is 15.1. The Morgan fingerprint density at radius 3 is 2.30 bits per heavy atom. The van der Waals surface area contributed by atoms with Gasteiger partial charge in [-0.15, -0.1) is 11.8 Å². The lowest BCUT2D eigenvalue weighted by Crippen LogP contribution is -2.32. The number of methoxy groups -OCH3 is 1. The number of carbonyl (C=O) groups is 2. The van der Waals surface area contributed by atoms with Crippen molar-refractivity contribution in [2.24, 2.45) is 0 Å². The van der Waals surface area contributed by atoms with E-state index in [1.807, 2.05) is 45.0 Å². The van der Waals surface area contributed by atoms with E-state index in [0.29, 0.717) is 17.0 Å². The lowest BCUT2D eigenvalue weighted by Gasteiger charge is -2.14. The van der Waals surface area contributed by atoms with Crippen molar-refractivity contribution in [1.82, 2.24) is 4.90 Å². The van der Waals surface area contributed by atoms with Gasteiger partial charge in [0.15, 0.2) is 0 Å². The average Bonchev–Trinajstić information content (AvgIpc) is 2.76. The van der Waals surface area contributed by atoms with Crippen molar-refractivity contribution >= 4 is 29.1 Å². The molecular formula is C18H23NO3S. The quantitative estimate of drug-likeness (QED) is 0.714. The van der Waals surface area contributed by atoms with Gasteiger partial charge in [-0.2, -0.15) is 0 Å². The van der Waals surface area contributed by atoms with Crippen molar-refractivity contribution in [2.75, 3.05) is 13.7 Å². The maximum absolute atomic E-state index is 12.8. The molecule has 0 radical (unpaired) electrons. The zero-order valence-corrected chi connectivity index (χ0v) is 14.9. The highest BCUT2D eigenvalue weighted by Crippen LogP contribution is 2.38. The maximum Gasteiger partial charge on any atom is 0.267 e. The Balaban J connectivity index is 2.41. The summed E-state index contributed by atoms with van der Waals surface area (Å²) in [6.07, 6.45) is 1.77. The number of unbranched alkanes of at least 4 members (excludes halogenated alkanes) is 1. The molecule has 1 aromatic carbocycles. The zero-order chi connectivity index (χ0) is 17.0. The second-order valence-electron chi connectivity index (χ2n) is 5.71. The smallest absolute Gasteiger partial charge is 0.267 e. The van der Waals surface area contributed by atoms with Crippen LogP contribution in [0.4, 0.5) is 0 Å². The Bertz CT molecular complexity index is 620.